The molecule has 0 bridgehead atoms. The zero-order valence-electron chi connectivity index (χ0n) is 16.5. The van der Waals surface area contributed by atoms with Crippen molar-refractivity contribution in [1.29, 1.82) is 0 Å². The SMILES string of the molecule is Fc1ccccc1Cn1ccc(NC(=S)N2CCN(Cc3ccc(Cl)cc3)CC2)n1. The van der Waals surface area contributed by atoms with E-state index in [0.717, 1.165) is 37.7 Å². The average molecular weight is 444 g/mol. The van der Waals surface area contributed by atoms with E-state index in [-0.39, 0.29) is 5.82 Å². The van der Waals surface area contributed by atoms with Crippen LogP contribution in [0.4, 0.5) is 10.2 Å². The molecule has 30 heavy (non-hydrogen) atoms. The Balaban J connectivity index is 1.26. The zero-order valence-corrected chi connectivity index (χ0v) is 18.0. The molecular formula is C22H23ClFN5S. The van der Waals surface area contributed by atoms with E-state index in [2.05, 4.69) is 32.3 Å². The number of rotatable bonds is 5. The highest BCUT2D eigenvalue weighted by Gasteiger charge is 2.19. The minimum atomic E-state index is -0.227. The van der Waals surface area contributed by atoms with Gasteiger partial charge in [0.05, 0.1) is 6.54 Å². The number of halogens is 2. The van der Waals surface area contributed by atoms with Gasteiger partial charge in [-0.1, -0.05) is 41.9 Å². The summed E-state index contributed by atoms with van der Waals surface area (Å²) < 4.78 is 15.5. The van der Waals surface area contributed by atoms with Crippen molar-refractivity contribution in [2.24, 2.45) is 0 Å². The van der Waals surface area contributed by atoms with Gasteiger partial charge in [0.15, 0.2) is 10.9 Å². The fraction of sp³-hybridized carbons (Fsp3) is 0.273. The molecule has 1 fully saturated rings. The quantitative estimate of drug-likeness (QED) is 0.597. The van der Waals surface area contributed by atoms with Gasteiger partial charge in [-0.3, -0.25) is 9.58 Å². The monoisotopic (exact) mass is 443 g/mol. The van der Waals surface area contributed by atoms with Crippen molar-refractivity contribution in [3.63, 3.8) is 0 Å². The molecule has 156 valence electrons. The van der Waals surface area contributed by atoms with E-state index < -0.39 is 0 Å². The van der Waals surface area contributed by atoms with E-state index in [1.807, 2.05) is 30.5 Å². The Morgan fingerprint density at radius 3 is 2.47 bits per heavy atom. The topological polar surface area (TPSA) is 36.3 Å². The van der Waals surface area contributed by atoms with Crippen LogP contribution in [0.1, 0.15) is 11.1 Å². The van der Waals surface area contributed by atoms with Crippen molar-refractivity contribution in [2.75, 3.05) is 31.5 Å². The summed E-state index contributed by atoms with van der Waals surface area (Å²) >= 11 is 11.5. The van der Waals surface area contributed by atoms with Crippen LogP contribution in [0.25, 0.3) is 0 Å². The average Bonchev–Trinajstić information content (AvgIpc) is 3.19. The molecule has 0 unspecified atom stereocenters. The molecule has 2 aromatic carbocycles. The molecule has 8 heteroatoms. The lowest BCUT2D eigenvalue weighted by atomic mass is 10.2. The van der Waals surface area contributed by atoms with Crippen molar-refractivity contribution < 1.29 is 4.39 Å². The molecule has 5 nitrogen and oxygen atoms in total. The molecule has 1 aromatic heterocycles. The number of hydrogen-bond acceptors (Lipinski definition) is 3. The number of piperazine rings is 1. The van der Waals surface area contributed by atoms with Gasteiger partial charge in [0.25, 0.3) is 0 Å². The summed E-state index contributed by atoms with van der Waals surface area (Å²) in [6, 6.07) is 16.6. The molecule has 1 aliphatic heterocycles. The van der Waals surface area contributed by atoms with Gasteiger partial charge >= 0.3 is 0 Å². The summed E-state index contributed by atoms with van der Waals surface area (Å²) in [6.07, 6.45) is 1.82. The summed E-state index contributed by atoms with van der Waals surface area (Å²) in [4.78, 5) is 4.56. The summed E-state index contributed by atoms with van der Waals surface area (Å²) in [7, 11) is 0. The fourth-order valence-corrected chi connectivity index (χ4v) is 3.88. The minimum absolute atomic E-state index is 0.227. The van der Waals surface area contributed by atoms with Crippen LogP contribution in [0.15, 0.2) is 60.8 Å². The maximum absolute atomic E-state index is 13.8. The molecule has 0 saturated carbocycles. The van der Waals surface area contributed by atoms with Gasteiger partial charge < -0.3 is 10.2 Å². The Kier molecular flexibility index (Phi) is 6.62. The van der Waals surface area contributed by atoms with E-state index >= 15 is 0 Å². The first-order chi connectivity index (χ1) is 14.6. The normalized spacial score (nSPS) is 14.7. The molecule has 0 atom stereocenters. The Morgan fingerprint density at radius 2 is 1.73 bits per heavy atom. The lowest BCUT2D eigenvalue weighted by Gasteiger charge is -2.36. The van der Waals surface area contributed by atoms with Crippen LogP contribution in [-0.2, 0) is 13.1 Å². The maximum atomic E-state index is 13.8. The van der Waals surface area contributed by atoms with Gasteiger partial charge in [-0.15, -0.1) is 0 Å². The zero-order chi connectivity index (χ0) is 20.9. The van der Waals surface area contributed by atoms with Crippen LogP contribution in [-0.4, -0.2) is 50.9 Å². The first-order valence-electron chi connectivity index (χ1n) is 9.86. The van der Waals surface area contributed by atoms with Crippen molar-refractivity contribution in [1.82, 2.24) is 19.6 Å². The van der Waals surface area contributed by atoms with Crippen LogP contribution >= 0.6 is 23.8 Å². The predicted molar refractivity (Wildman–Crippen MR) is 122 cm³/mol. The first kappa shape index (κ1) is 20.8. The Morgan fingerprint density at radius 1 is 1.00 bits per heavy atom. The van der Waals surface area contributed by atoms with Gasteiger partial charge in [0.1, 0.15) is 5.82 Å². The third kappa shape index (κ3) is 5.36. The summed E-state index contributed by atoms with van der Waals surface area (Å²) in [5, 5.41) is 9.09. The summed E-state index contributed by atoms with van der Waals surface area (Å²) in [5.41, 5.74) is 1.86. The molecule has 4 rings (SSSR count). The third-order valence-corrected chi connectivity index (χ3v) is 5.76. The van der Waals surface area contributed by atoms with Gasteiger partial charge in [-0.2, -0.15) is 5.10 Å². The van der Waals surface area contributed by atoms with Crippen LogP contribution in [0.3, 0.4) is 0 Å². The summed E-state index contributed by atoms with van der Waals surface area (Å²) in [5.74, 6) is 0.439. The Labute approximate surface area is 186 Å². The molecule has 1 aliphatic rings. The van der Waals surface area contributed by atoms with E-state index in [0.29, 0.717) is 23.0 Å². The highest BCUT2D eigenvalue weighted by atomic mass is 35.5. The molecule has 1 saturated heterocycles. The molecule has 0 spiro atoms. The Bertz CT molecular complexity index is 999. The highest BCUT2D eigenvalue weighted by Crippen LogP contribution is 2.14. The number of anilines is 1. The maximum Gasteiger partial charge on any atom is 0.174 e. The van der Waals surface area contributed by atoms with Crippen molar-refractivity contribution in [3.8, 4) is 0 Å². The lowest BCUT2D eigenvalue weighted by molar-refractivity contribution is 0.177. The van der Waals surface area contributed by atoms with Gasteiger partial charge in [-0.25, -0.2) is 4.39 Å². The minimum Gasteiger partial charge on any atom is -0.346 e. The standard InChI is InChI=1S/C22H23ClFN5S/c23-19-7-5-17(6-8-19)15-27-11-13-28(14-12-27)22(30)25-21-9-10-29(26-21)16-18-3-1-2-4-20(18)24/h1-10H,11-16H2,(H,25,26,30). The number of thiocarbonyl (C=S) groups is 1. The second kappa shape index (κ2) is 9.55. The van der Waals surface area contributed by atoms with Crippen LogP contribution in [0.5, 0.6) is 0 Å². The molecule has 0 radical (unpaired) electrons. The van der Waals surface area contributed by atoms with Gasteiger partial charge in [0.2, 0.25) is 0 Å². The van der Waals surface area contributed by atoms with Crippen molar-refractivity contribution in [2.45, 2.75) is 13.1 Å². The Hall–Kier alpha value is -2.48. The second-order valence-corrected chi connectivity index (χ2v) is 8.13. The summed E-state index contributed by atoms with van der Waals surface area (Å²) in [6.45, 7) is 4.87. The van der Waals surface area contributed by atoms with Crippen molar-refractivity contribution >= 4 is 34.7 Å². The molecule has 1 N–H and O–H groups in total. The molecule has 0 aliphatic carbocycles. The number of hydrogen-bond donors (Lipinski definition) is 1. The highest BCUT2D eigenvalue weighted by molar-refractivity contribution is 7.80. The first-order valence-corrected chi connectivity index (χ1v) is 10.6. The molecule has 2 heterocycles. The number of nitrogens with zero attached hydrogens (tertiary/aromatic N) is 4. The van der Waals surface area contributed by atoms with Crippen LogP contribution in [0, 0.1) is 5.82 Å². The number of nitrogens with one attached hydrogen (secondary N) is 1. The fourth-order valence-electron chi connectivity index (χ4n) is 3.46. The smallest absolute Gasteiger partial charge is 0.174 e. The van der Waals surface area contributed by atoms with Gasteiger partial charge in [-0.05, 0) is 36.0 Å². The van der Waals surface area contributed by atoms with Crippen LogP contribution in [0.2, 0.25) is 5.02 Å². The largest absolute Gasteiger partial charge is 0.346 e. The van der Waals surface area contributed by atoms with Gasteiger partial charge in [0, 0.05) is 55.6 Å². The third-order valence-electron chi connectivity index (χ3n) is 5.14. The van der Waals surface area contributed by atoms with E-state index in [9.17, 15) is 4.39 Å². The van der Waals surface area contributed by atoms with Crippen LogP contribution < -0.4 is 5.32 Å². The molecule has 0 amide bonds. The number of benzene rings is 2. The van der Waals surface area contributed by atoms with E-state index in [1.54, 1.807) is 16.8 Å². The van der Waals surface area contributed by atoms with Crippen molar-refractivity contribution in [3.05, 3.63) is 82.8 Å². The number of aromatic nitrogens is 2. The predicted octanol–water partition coefficient (Wildman–Crippen LogP) is 4.24. The molecule has 3 aromatic rings. The lowest BCUT2D eigenvalue weighted by Crippen LogP contribution is -2.49. The molecular weight excluding hydrogens is 421 g/mol. The second-order valence-electron chi connectivity index (χ2n) is 7.31. The van der Waals surface area contributed by atoms with E-state index in [1.165, 1.54) is 11.6 Å². The van der Waals surface area contributed by atoms with E-state index in [4.69, 9.17) is 23.8 Å².